The Morgan fingerprint density at radius 1 is 1.18 bits per heavy atom. The Kier molecular flexibility index (Phi) is 3.84. The van der Waals surface area contributed by atoms with Crippen molar-refractivity contribution in [2.45, 2.75) is 13.0 Å². The fourth-order valence-corrected chi connectivity index (χ4v) is 2.26. The van der Waals surface area contributed by atoms with Crippen LogP contribution in [-0.4, -0.2) is 14.8 Å². The van der Waals surface area contributed by atoms with Crippen LogP contribution >= 0.6 is 0 Å². The molecule has 0 aliphatic rings. The molecule has 2 heterocycles. The highest BCUT2D eigenvalue weighted by atomic mass is 15.3. The van der Waals surface area contributed by atoms with Crippen molar-refractivity contribution in [3.8, 4) is 11.8 Å². The molecule has 0 amide bonds. The zero-order chi connectivity index (χ0) is 15.4. The van der Waals surface area contributed by atoms with E-state index in [9.17, 15) is 0 Å². The summed E-state index contributed by atoms with van der Waals surface area (Å²) in [6.45, 7) is 2.04. The van der Waals surface area contributed by atoms with Gasteiger partial charge < -0.3 is 5.32 Å². The molecule has 0 unspecified atom stereocenters. The van der Waals surface area contributed by atoms with Gasteiger partial charge in [-0.1, -0.05) is 12.1 Å². The molecular formula is C17H15N5. The first-order valence-corrected chi connectivity index (χ1v) is 6.99. The average molecular weight is 289 g/mol. The number of nitrogens with one attached hydrogen (secondary N) is 1. The van der Waals surface area contributed by atoms with E-state index in [0.717, 1.165) is 11.3 Å². The first-order valence-electron chi connectivity index (χ1n) is 6.99. The topological polar surface area (TPSA) is 66.5 Å². The van der Waals surface area contributed by atoms with Gasteiger partial charge in [-0.3, -0.25) is 0 Å². The fraction of sp³-hybridized carbons (Fsp3) is 0.118. The van der Waals surface area contributed by atoms with Crippen molar-refractivity contribution >= 4 is 5.82 Å². The summed E-state index contributed by atoms with van der Waals surface area (Å²) in [6.07, 6.45) is 5.33. The molecule has 0 aliphatic heterocycles. The Labute approximate surface area is 128 Å². The summed E-state index contributed by atoms with van der Waals surface area (Å²) in [5.41, 5.74) is 2.64. The Bertz CT molecular complexity index is 802. The van der Waals surface area contributed by atoms with E-state index >= 15 is 0 Å². The van der Waals surface area contributed by atoms with E-state index in [-0.39, 0.29) is 6.04 Å². The molecule has 3 rings (SSSR count). The normalized spacial score (nSPS) is 11.6. The fourth-order valence-electron chi connectivity index (χ4n) is 2.26. The molecule has 0 saturated heterocycles. The van der Waals surface area contributed by atoms with Crippen LogP contribution in [0.1, 0.15) is 24.1 Å². The largest absolute Gasteiger partial charge is 0.362 e. The highest BCUT2D eigenvalue weighted by molar-refractivity contribution is 5.52. The van der Waals surface area contributed by atoms with Gasteiger partial charge in [-0.25, -0.2) is 9.67 Å². The smallest absolute Gasteiger partial charge is 0.144 e. The molecule has 1 aromatic carbocycles. The highest BCUT2D eigenvalue weighted by Crippen LogP contribution is 2.21. The first-order chi connectivity index (χ1) is 10.8. The number of hydrogen-bond donors (Lipinski definition) is 1. The second-order valence-corrected chi connectivity index (χ2v) is 4.92. The van der Waals surface area contributed by atoms with Crippen LogP contribution in [0.25, 0.3) is 5.69 Å². The molecule has 108 valence electrons. The zero-order valence-corrected chi connectivity index (χ0v) is 12.1. The second kappa shape index (κ2) is 6.10. The molecule has 22 heavy (non-hydrogen) atoms. The summed E-state index contributed by atoms with van der Waals surface area (Å²) < 4.78 is 1.82. The average Bonchev–Trinajstić information content (AvgIpc) is 3.10. The molecule has 0 aliphatic carbocycles. The molecule has 1 N–H and O–H groups in total. The predicted octanol–water partition coefficient (Wildman–Crippen LogP) is 3.31. The van der Waals surface area contributed by atoms with Gasteiger partial charge in [0.1, 0.15) is 11.9 Å². The van der Waals surface area contributed by atoms with Crippen molar-refractivity contribution in [1.29, 1.82) is 5.26 Å². The molecule has 1 atom stereocenters. The van der Waals surface area contributed by atoms with E-state index in [1.165, 1.54) is 0 Å². The highest BCUT2D eigenvalue weighted by Gasteiger charge is 2.10. The zero-order valence-electron chi connectivity index (χ0n) is 12.1. The van der Waals surface area contributed by atoms with Crippen LogP contribution in [0.4, 0.5) is 5.82 Å². The number of nitrogens with zero attached hydrogens (tertiary/aromatic N) is 4. The summed E-state index contributed by atoms with van der Waals surface area (Å²) >= 11 is 0. The van der Waals surface area contributed by atoms with Crippen LogP contribution in [0.3, 0.4) is 0 Å². The lowest BCUT2D eigenvalue weighted by Crippen LogP contribution is -2.09. The van der Waals surface area contributed by atoms with Crippen molar-refractivity contribution in [2.24, 2.45) is 0 Å². The Balaban J connectivity index is 1.85. The van der Waals surface area contributed by atoms with Crippen molar-refractivity contribution in [3.05, 3.63) is 72.2 Å². The minimum atomic E-state index is 0.0255. The molecule has 0 fully saturated rings. The van der Waals surface area contributed by atoms with Gasteiger partial charge in [-0.2, -0.15) is 10.4 Å². The minimum Gasteiger partial charge on any atom is -0.362 e. The second-order valence-electron chi connectivity index (χ2n) is 4.92. The van der Waals surface area contributed by atoms with Crippen LogP contribution < -0.4 is 5.32 Å². The van der Waals surface area contributed by atoms with E-state index in [0.29, 0.717) is 11.4 Å². The number of rotatable bonds is 4. The maximum atomic E-state index is 9.13. The lowest BCUT2D eigenvalue weighted by atomic mass is 10.1. The van der Waals surface area contributed by atoms with E-state index in [1.54, 1.807) is 24.5 Å². The molecule has 5 heteroatoms. The summed E-state index contributed by atoms with van der Waals surface area (Å²) in [5.74, 6) is 0.599. The number of pyridine rings is 1. The lowest BCUT2D eigenvalue weighted by molar-refractivity contribution is 0.849. The van der Waals surface area contributed by atoms with E-state index in [1.807, 2.05) is 42.1 Å². The third-order valence-corrected chi connectivity index (χ3v) is 3.42. The van der Waals surface area contributed by atoms with Crippen LogP contribution in [0.15, 0.2) is 61.1 Å². The Hall–Kier alpha value is -3.13. The van der Waals surface area contributed by atoms with Crippen molar-refractivity contribution in [3.63, 3.8) is 0 Å². The summed E-state index contributed by atoms with van der Waals surface area (Å²) in [7, 11) is 0. The number of hydrogen-bond acceptors (Lipinski definition) is 4. The predicted molar refractivity (Wildman–Crippen MR) is 84.6 cm³/mol. The van der Waals surface area contributed by atoms with Crippen molar-refractivity contribution < 1.29 is 0 Å². The number of benzene rings is 1. The lowest BCUT2D eigenvalue weighted by Gasteiger charge is -2.16. The van der Waals surface area contributed by atoms with Crippen LogP contribution in [0.5, 0.6) is 0 Å². The summed E-state index contributed by atoms with van der Waals surface area (Å²) in [4.78, 5) is 4.24. The SMILES string of the molecule is C[C@@H](Nc1ncccc1C#N)c1cccc(-n2cccn2)c1. The Morgan fingerprint density at radius 3 is 2.86 bits per heavy atom. The van der Waals surface area contributed by atoms with Crippen molar-refractivity contribution in [2.75, 3.05) is 5.32 Å². The molecule has 2 aromatic heterocycles. The molecule has 0 radical (unpaired) electrons. The molecule has 0 bridgehead atoms. The van der Waals surface area contributed by atoms with Gasteiger partial charge in [0.15, 0.2) is 0 Å². The van der Waals surface area contributed by atoms with Gasteiger partial charge in [0.2, 0.25) is 0 Å². The third kappa shape index (κ3) is 2.81. The van der Waals surface area contributed by atoms with Gasteiger partial charge in [-0.15, -0.1) is 0 Å². The molecule has 5 nitrogen and oxygen atoms in total. The number of aromatic nitrogens is 3. The number of anilines is 1. The molecule has 0 saturated carbocycles. The summed E-state index contributed by atoms with van der Waals surface area (Å²) in [5, 5.41) is 16.7. The van der Waals surface area contributed by atoms with E-state index in [4.69, 9.17) is 5.26 Å². The quantitative estimate of drug-likeness (QED) is 0.800. The van der Waals surface area contributed by atoms with Gasteiger partial charge in [-0.05, 0) is 42.8 Å². The minimum absolute atomic E-state index is 0.0255. The molecular weight excluding hydrogens is 274 g/mol. The third-order valence-electron chi connectivity index (χ3n) is 3.42. The maximum Gasteiger partial charge on any atom is 0.144 e. The van der Waals surface area contributed by atoms with Crippen LogP contribution in [0, 0.1) is 11.3 Å². The Morgan fingerprint density at radius 2 is 2.09 bits per heavy atom. The maximum absolute atomic E-state index is 9.13. The van der Waals surface area contributed by atoms with Gasteiger partial charge in [0.25, 0.3) is 0 Å². The standard InChI is InChI=1S/C17H15N5/c1-13(21-17-15(12-18)6-3-8-19-17)14-5-2-7-16(11-14)22-10-4-9-20-22/h2-11,13H,1H3,(H,19,21)/t13-/m1/s1. The van der Waals surface area contributed by atoms with Crippen LogP contribution in [-0.2, 0) is 0 Å². The van der Waals surface area contributed by atoms with Crippen LogP contribution in [0.2, 0.25) is 0 Å². The van der Waals surface area contributed by atoms with Gasteiger partial charge >= 0.3 is 0 Å². The summed E-state index contributed by atoms with van der Waals surface area (Å²) in [6, 6.07) is 15.7. The van der Waals surface area contributed by atoms with Gasteiger partial charge in [0, 0.05) is 18.6 Å². The monoisotopic (exact) mass is 289 g/mol. The first kappa shape index (κ1) is 13.8. The molecule has 3 aromatic rings. The van der Waals surface area contributed by atoms with Gasteiger partial charge in [0.05, 0.1) is 17.3 Å². The van der Waals surface area contributed by atoms with E-state index in [2.05, 4.69) is 27.5 Å². The van der Waals surface area contributed by atoms with E-state index < -0.39 is 0 Å². The van der Waals surface area contributed by atoms with Crippen molar-refractivity contribution in [1.82, 2.24) is 14.8 Å². The number of nitriles is 1. The molecule has 0 spiro atoms.